The van der Waals surface area contributed by atoms with E-state index in [0.717, 1.165) is 12.1 Å². The van der Waals surface area contributed by atoms with Crippen molar-refractivity contribution in [2.75, 3.05) is 13.6 Å². The summed E-state index contributed by atoms with van der Waals surface area (Å²) in [5, 5.41) is 12.4. The number of hydrogen-bond donors (Lipinski definition) is 1. The number of aromatic nitrogens is 2. The Morgan fingerprint density at radius 3 is 2.68 bits per heavy atom. The fourth-order valence-electron chi connectivity index (χ4n) is 2.01. The number of carbonyl (C=O) groups is 1. The molecule has 1 unspecified atom stereocenters. The highest BCUT2D eigenvalue weighted by Gasteiger charge is 2.31. The smallest absolute Gasteiger partial charge is 0.416 e. The van der Waals surface area contributed by atoms with Gasteiger partial charge in [-0.15, -0.1) is 12.4 Å². The molecular weight excluding hydrogens is 363 g/mol. The van der Waals surface area contributed by atoms with Crippen LogP contribution in [0.1, 0.15) is 30.8 Å². The minimum Gasteiger partial charge on any atom is -0.481 e. The van der Waals surface area contributed by atoms with Gasteiger partial charge in [-0.05, 0) is 26.1 Å². The number of nitrogens with zero attached hydrogens (tertiary/aromatic N) is 3. The third kappa shape index (κ3) is 5.43. The molecule has 2 aromatic rings. The van der Waals surface area contributed by atoms with Crippen LogP contribution in [0.5, 0.6) is 0 Å². The summed E-state index contributed by atoms with van der Waals surface area (Å²) >= 11 is 0. The molecule has 0 fully saturated rings. The van der Waals surface area contributed by atoms with E-state index in [-0.39, 0.29) is 48.7 Å². The van der Waals surface area contributed by atoms with E-state index in [4.69, 9.17) is 9.63 Å². The number of hydrogen-bond acceptors (Lipinski definition) is 5. The van der Waals surface area contributed by atoms with Crippen molar-refractivity contribution in [1.29, 1.82) is 0 Å². The second-order valence-electron chi connectivity index (χ2n) is 5.34. The minimum absolute atomic E-state index is 0. The molecule has 0 saturated carbocycles. The molecule has 138 valence electrons. The van der Waals surface area contributed by atoms with Crippen LogP contribution in [-0.4, -0.2) is 39.7 Å². The first-order valence-electron chi connectivity index (χ1n) is 7.11. The Balaban J connectivity index is 0.00000312. The normalized spacial score (nSPS) is 12.7. The van der Waals surface area contributed by atoms with E-state index >= 15 is 0 Å². The Hall–Kier alpha value is -2.13. The van der Waals surface area contributed by atoms with Gasteiger partial charge >= 0.3 is 12.1 Å². The first-order chi connectivity index (χ1) is 11.2. The lowest BCUT2D eigenvalue weighted by atomic mass is 10.1. The van der Waals surface area contributed by atoms with Crippen molar-refractivity contribution in [2.45, 2.75) is 25.6 Å². The third-order valence-electron chi connectivity index (χ3n) is 3.59. The van der Waals surface area contributed by atoms with E-state index in [1.807, 2.05) is 0 Å². The van der Waals surface area contributed by atoms with Crippen molar-refractivity contribution in [3.05, 3.63) is 35.7 Å². The predicted octanol–water partition coefficient (Wildman–Crippen LogP) is 3.64. The fourth-order valence-corrected chi connectivity index (χ4v) is 2.01. The van der Waals surface area contributed by atoms with Crippen LogP contribution in [0.3, 0.4) is 0 Å². The summed E-state index contributed by atoms with van der Waals surface area (Å²) in [5.41, 5.74) is -0.599. The molecule has 0 bridgehead atoms. The van der Waals surface area contributed by atoms with Crippen molar-refractivity contribution >= 4 is 18.4 Å². The first-order valence-corrected chi connectivity index (χ1v) is 7.11. The Labute approximate surface area is 148 Å². The highest BCUT2D eigenvalue weighted by atomic mass is 35.5. The summed E-state index contributed by atoms with van der Waals surface area (Å²) < 4.78 is 43.4. The second-order valence-corrected chi connectivity index (χ2v) is 5.34. The number of halogens is 4. The largest absolute Gasteiger partial charge is 0.481 e. The van der Waals surface area contributed by atoms with Crippen molar-refractivity contribution in [3.8, 4) is 11.4 Å². The van der Waals surface area contributed by atoms with Gasteiger partial charge in [0.2, 0.25) is 11.7 Å². The molecule has 25 heavy (non-hydrogen) atoms. The number of benzene rings is 1. The van der Waals surface area contributed by atoms with Gasteiger partial charge in [-0.1, -0.05) is 17.3 Å². The van der Waals surface area contributed by atoms with Crippen LogP contribution in [0.15, 0.2) is 28.8 Å². The molecule has 0 aliphatic rings. The van der Waals surface area contributed by atoms with Crippen LogP contribution in [0.2, 0.25) is 0 Å². The number of rotatable bonds is 6. The molecule has 1 aromatic carbocycles. The lowest BCUT2D eigenvalue weighted by Crippen LogP contribution is -2.25. The van der Waals surface area contributed by atoms with Crippen molar-refractivity contribution in [2.24, 2.45) is 0 Å². The van der Waals surface area contributed by atoms with E-state index in [1.165, 1.54) is 12.1 Å². The predicted molar refractivity (Wildman–Crippen MR) is 85.3 cm³/mol. The third-order valence-corrected chi connectivity index (χ3v) is 3.59. The lowest BCUT2D eigenvalue weighted by molar-refractivity contribution is -0.138. The van der Waals surface area contributed by atoms with Gasteiger partial charge in [0.25, 0.3) is 0 Å². The molecule has 0 radical (unpaired) electrons. The Morgan fingerprint density at radius 1 is 1.40 bits per heavy atom. The number of carboxylic acids is 1. The molecule has 0 aliphatic carbocycles. The van der Waals surface area contributed by atoms with Gasteiger partial charge in [0.1, 0.15) is 0 Å². The van der Waals surface area contributed by atoms with Gasteiger partial charge in [0, 0.05) is 12.1 Å². The van der Waals surface area contributed by atoms with E-state index < -0.39 is 17.7 Å². The SMILES string of the molecule is CC(c1nc(-c2cccc(C(F)(F)F)c2)no1)N(C)CCC(=O)O.Cl. The maximum atomic E-state index is 12.8. The molecule has 0 amide bonds. The van der Waals surface area contributed by atoms with Crippen molar-refractivity contribution in [3.63, 3.8) is 0 Å². The van der Waals surface area contributed by atoms with Crippen molar-refractivity contribution < 1.29 is 27.6 Å². The summed E-state index contributed by atoms with van der Waals surface area (Å²) in [6.07, 6.45) is -4.50. The monoisotopic (exact) mass is 379 g/mol. The van der Waals surface area contributed by atoms with E-state index in [2.05, 4.69) is 10.1 Å². The van der Waals surface area contributed by atoms with Crippen LogP contribution in [0.25, 0.3) is 11.4 Å². The van der Waals surface area contributed by atoms with Gasteiger partial charge in [0.05, 0.1) is 18.0 Å². The molecular formula is C15H17ClF3N3O3. The van der Waals surface area contributed by atoms with E-state index in [9.17, 15) is 18.0 Å². The van der Waals surface area contributed by atoms with Crippen LogP contribution in [-0.2, 0) is 11.0 Å². The van der Waals surface area contributed by atoms with Crippen LogP contribution >= 0.6 is 12.4 Å². The van der Waals surface area contributed by atoms with E-state index in [0.29, 0.717) is 0 Å². The van der Waals surface area contributed by atoms with Crippen LogP contribution in [0.4, 0.5) is 13.2 Å². The summed E-state index contributed by atoms with van der Waals surface area (Å²) in [5.74, 6) is -0.672. The summed E-state index contributed by atoms with van der Waals surface area (Å²) in [4.78, 5) is 16.4. The standard InChI is InChI=1S/C15H16F3N3O3.ClH/c1-9(21(2)7-6-12(22)23)14-19-13(20-24-14)10-4-3-5-11(8-10)15(16,17)18;/h3-5,8-9H,6-7H2,1-2H3,(H,22,23);1H. The zero-order valence-electron chi connectivity index (χ0n) is 13.4. The molecule has 1 aromatic heterocycles. The highest BCUT2D eigenvalue weighted by molar-refractivity contribution is 5.85. The Bertz CT molecular complexity index is 721. The molecule has 1 heterocycles. The number of alkyl halides is 3. The van der Waals surface area contributed by atoms with Gasteiger partial charge < -0.3 is 9.63 Å². The van der Waals surface area contributed by atoms with Crippen LogP contribution in [0, 0.1) is 0 Å². The minimum atomic E-state index is -4.45. The zero-order valence-corrected chi connectivity index (χ0v) is 14.3. The average Bonchev–Trinajstić information content (AvgIpc) is 3.01. The molecule has 1 N–H and O–H groups in total. The quantitative estimate of drug-likeness (QED) is 0.825. The summed E-state index contributed by atoms with van der Waals surface area (Å²) in [7, 11) is 1.70. The molecule has 0 saturated heterocycles. The molecule has 2 rings (SSSR count). The number of carboxylic acid groups (broad SMARTS) is 1. The molecule has 6 nitrogen and oxygen atoms in total. The molecule has 0 spiro atoms. The van der Waals surface area contributed by atoms with Gasteiger partial charge in [0.15, 0.2) is 0 Å². The average molecular weight is 380 g/mol. The molecule has 1 atom stereocenters. The van der Waals surface area contributed by atoms with E-state index in [1.54, 1.807) is 18.9 Å². The number of aliphatic carboxylic acids is 1. The van der Waals surface area contributed by atoms with Crippen LogP contribution < -0.4 is 0 Å². The first kappa shape index (κ1) is 20.9. The Morgan fingerprint density at radius 2 is 2.08 bits per heavy atom. The van der Waals surface area contributed by atoms with Gasteiger partial charge in [-0.2, -0.15) is 18.2 Å². The van der Waals surface area contributed by atoms with Gasteiger partial charge in [-0.25, -0.2) is 0 Å². The summed E-state index contributed by atoms with van der Waals surface area (Å²) in [6, 6.07) is 4.29. The summed E-state index contributed by atoms with van der Waals surface area (Å²) in [6.45, 7) is 2.02. The molecule has 10 heteroatoms. The maximum Gasteiger partial charge on any atom is 0.416 e. The van der Waals surface area contributed by atoms with Crippen molar-refractivity contribution in [1.82, 2.24) is 15.0 Å². The lowest BCUT2D eigenvalue weighted by Gasteiger charge is -2.20. The highest BCUT2D eigenvalue weighted by Crippen LogP contribution is 2.31. The maximum absolute atomic E-state index is 12.8. The Kier molecular flexibility index (Phi) is 6.95. The molecule has 0 aliphatic heterocycles. The van der Waals surface area contributed by atoms with Gasteiger partial charge in [-0.3, -0.25) is 9.69 Å². The zero-order chi connectivity index (χ0) is 17.9. The topological polar surface area (TPSA) is 79.5 Å². The fraction of sp³-hybridized carbons (Fsp3) is 0.400. The second kappa shape index (κ2) is 8.30.